The van der Waals surface area contributed by atoms with E-state index in [1.807, 2.05) is 26.8 Å². The van der Waals surface area contributed by atoms with Crippen LogP contribution in [0.1, 0.15) is 55.4 Å². The van der Waals surface area contributed by atoms with Crippen molar-refractivity contribution in [3.63, 3.8) is 0 Å². The zero-order valence-corrected chi connectivity index (χ0v) is 24.0. The average molecular weight is 582 g/mol. The Bertz CT molecular complexity index is 447. The molecule has 9 heteroatoms. The van der Waals surface area contributed by atoms with Crippen LogP contribution < -0.4 is 0 Å². The number of rotatable bonds is 2. The van der Waals surface area contributed by atoms with Crippen LogP contribution in [-0.4, -0.2) is 75.5 Å². The van der Waals surface area contributed by atoms with Gasteiger partial charge in [0.15, 0.2) is 6.29 Å². The summed E-state index contributed by atoms with van der Waals surface area (Å²) in [6, 6.07) is 0. The molecule has 0 aliphatic carbocycles. The summed E-state index contributed by atoms with van der Waals surface area (Å²) in [6.45, 7) is 11.7. The molecule has 174 valence electrons. The van der Waals surface area contributed by atoms with Gasteiger partial charge >= 0.3 is 0 Å². The molecule has 2 radical (unpaired) electrons. The summed E-state index contributed by atoms with van der Waals surface area (Å²) >= 11 is 0. The van der Waals surface area contributed by atoms with Crippen molar-refractivity contribution >= 4 is 6.29 Å². The van der Waals surface area contributed by atoms with E-state index in [0.717, 1.165) is 5.57 Å². The molecule has 0 aromatic carbocycles. The van der Waals surface area contributed by atoms with Crippen molar-refractivity contribution in [2.75, 3.05) is 0 Å². The number of aliphatic hydroxyl groups excluding tert-OH is 4. The first-order valence-electron chi connectivity index (χ1n) is 9.40. The number of carbonyl (C=O) groups excluding carboxylic acids is 1. The van der Waals surface area contributed by atoms with Crippen molar-refractivity contribution in [1.29, 1.82) is 0 Å². The molecule has 8 atom stereocenters. The SMILES string of the molecule is C.CC(C)=C[C@H]1OC(C)[CH-][C@@H](O)[C@H]1O.CC1[CH-][C@@H](O)[C@@H](O)[C@@H](C=O)O1.CCC.[Y].[Y]. The summed E-state index contributed by atoms with van der Waals surface area (Å²) in [4.78, 5) is 10.3. The van der Waals surface area contributed by atoms with E-state index >= 15 is 0 Å². The van der Waals surface area contributed by atoms with Crippen molar-refractivity contribution in [3.05, 3.63) is 24.5 Å². The largest absolute Gasteiger partial charge is 0.422 e. The molecule has 0 amide bonds. The molecule has 2 unspecified atom stereocenters. The molecule has 30 heavy (non-hydrogen) atoms. The van der Waals surface area contributed by atoms with Crippen LogP contribution in [0.2, 0.25) is 0 Å². The topological polar surface area (TPSA) is 116 Å². The molecule has 2 rings (SSSR count). The van der Waals surface area contributed by atoms with Gasteiger partial charge in [-0.2, -0.15) is 0 Å². The fourth-order valence-corrected chi connectivity index (χ4v) is 2.50. The van der Waals surface area contributed by atoms with Crippen LogP contribution in [0.3, 0.4) is 0 Å². The van der Waals surface area contributed by atoms with Gasteiger partial charge in [-0.1, -0.05) is 65.4 Å². The molecule has 0 aromatic heterocycles. The van der Waals surface area contributed by atoms with E-state index in [1.165, 1.54) is 12.8 Å². The second-order valence-electron chi connectivity index (χ2n) is 7.05. The average Bonchev–Trinajstić information content (AvgIpc) is 2.56. The van der Waals surface area contributed by atoms with Gasteiger partial charge in [0.05, 0.1) is 18.3 Å². The third kappa shape index (κ3) is 15.3. The molecule has 4 N–H and O–H groups in total. The number of ether oxygens (including phenoxy) is 2. The third-order valence-corrected chi connectivity index (χ3v) is 3.68. The minimum absolute atomic E-state index is 0. The molecule has 0 aromatic rings. The first-order valence-corrected chi connectivity index (χ1v) is 9.40. The van der Waals surface area contributed by atoms with Crippen molar-refractivity contribution in [2.24, 2.45) is 0 Å². The molecule has 0 bridgehead atoms. The monoisotopic (exact) mass is 582 g/mol. The molecule has 7 nitrogen and oxygen atoms in total. The summed E-state index contributed by atoms with van der Waals surface area (Å²) in [5.41, 5.74) is 1.07. The van der Waals surface area contributed by atoms with Crippen LogP contribution in [-0.2, 0) is 79.7 Å². The summed E-state index contributed by atoms with van der Waals surface area (Å²) in [6.07, 6.45) is 1.22. The van der Waals surface area contributed by atoms with Crippen LogP contribution in [0.4, 0.5) is 0 Å². The van der Waals surface area contributed by atoms with Gasteiger partial charge in [0.1, 0.15) is 6.10 Å². The number of aldehydes is 1. The molecule has 2 fully saturated rings. The Labute approximate surface area is 233 Å². The van der Waals surface area contributed by atoms with Gasteiger partial charge < -0.3 is 34.7 Å². The molecule has 2 aliphatic rings. The Hall–Kier alpha value is 1.38. The van der Waals surface area contributed by atoms with Gasteiger partial charge in [0.25, 0.3) is 0 Å². The van der Waals surface area contributed by atoms with E-state index in [0.29, 0.717) is 6.29 Å². The van der Waals surface area contributed by atoms with E-state index in [4.69, 9.17) is 19.7 Å². The van der Waals surface area contributed by atoms with Crippen LogP contribution >= 0.6 is 0 Å². The van der Waals surface area contributed by atoms with Crippen molar-refractivity contribution in [1.82, 2.24) is 0 Å². The number of hydrogen-bond donors (Lipinski definition) is 4. The summed E-state index contributed by atoms with van der Waals surface area (Å²) in [7, 11) is 0. The Kier molecular flexibility index (Phi) is 27.0. The predicted octanol–water partition coefficient (Wildman–Crippen LogP) is 1.61. The van der Waals surface area contributed by atoms with Gasteiger partial charge in [0, 0.05) is 65.4 Å². The molecule has 2 aliphatic heterocycles. The summed E-state index contributed by atoms with van der Waals surface area (Å²) in [5, 5.41) is 37.2. The zero-order chi connectivity index (χ0) is 21.1. The molecular formula is C21H40O7Y2-2. The van der Waals surface area contributed by atoms with Crippen molar-refractivity contribution in [2.45, 2.75) is 104 Å². The van der Waals surface area contributed by atoms with Crippen LogP contribution in [0.5, 0.6) is 0 Å². The van der Waals surface area contributed by atoms with Crippen LogP contribution in [0.15, 0.2) is 11.6 Å². The Balaban J connectivity index is -0.000000184. The van der Waals surface area contributed by atoms with E-state index in [9.17, 15) is 15.0 Å². The van der Waals surface area contributed by atoms with Crippen LogP contribution in [0.25, 0.3) is 0 Å². The van der Waals surface area contributed by atoms with Crippen molar-refractivity contribution < 1.29 is 100 Å². The molecule has 2 saturated heterocycles. The summed E-state index contributed by atoms with van der Waals surface area (Å²) < 4.78 is 10.4. The number of carbonyl (C=O) groups is 1. The molecule has 0 spiro atoms. The second-order valence-corrected chi connectivity index (χ2v) is 7.05. The normalized spacial score (nSPS) is 34.6. The zero-order valence-electron chi connectivity index (χ0n) is 18.3. The van der Waals surface area contributed by atoms with E-state index in [2.05, 4.69) is 13.8 Å². The first-order chi connectivity index (χ1) is 12.6. The number of allylic oxidation sites excluding steroid dienone is 1. The first kappa shape index (κ1) is 38.6. The maximum Gasteiger partial charge on any atom is 0.151 e. The van der Waals surface area contributed by atoms with Gasteiger partial charge in [-0.25, -0.2) is 0 Å². The fraction of sp³-hybridized carbons (Fsp3) is 0.762. The smallest absolute Gasteiger partial charge is 0.151 e. The van der Waals surface area contributed by atoms with E-state index < -0.39 is 30.5 Å². The summed E-state index contributed by atoms with van der Waals surface area (Å²) in [5.74, 6) is 0. The maximum absolute atomic E-state index is 10.3. The minimum atomic E-state index is -1.12. The fourth-order valence-electron chi connectivity index (χ4n) is 2.50. The molecule has 2 heterocycles. The molecular weight excluding hydrogens is 542 g/mol. The minimum Gasteiger partial charge on any atom is -0.422 e. The number of aliphatic hydroxyl groups is 4. The Morgan fingerprint density at radius 3 is 1.53 bits per heavy atom. The standard InChI is InChI=1S/C10H17O3.C7H11O4.C3H8.CH4.2Y/c1-6(2)4-9-10(12)8(11)5-7(3)13-9;1-4-2-5(9)7(10)6(3-8)11-4;1-3-2;;;/h4-5,7-12H,1-3H3;2-7,9-10H,1H3;3H2,1-2H3;1H4;;/q2*-1;;;;/t7?,8-,9-,10-;4?,5-,6-,7-;;;;/m11..../s1. The van der Waals surface area contributed by atoms with Gasteiger partial charge in [0.2, 0.25) is 0 Å². The Morgan fingerprint density at radius 2 is 1.20 bits per heavy atom. The Morgan fingerprint density at radius 1 is 0.867 bits per heavy atom. The maximum atomic E-state index is 10.3. The third-order valence-electron chi connectivity index (χ3n) is 3.68. The molecule has 0 saturated carbocycles. The van der Waals surface area contributed by atoms with Crippen molar-refractivity contribution in [3.8, 4) is 0 Å². The second kappa shape index (κ2) is 20.9. The van der Waals surface area contributed by atoms with E-state index in [-0.39, 0.29) is 91.2 Å². The van der Waals surface area contributed by atoms with Gasteiger partial charge in [-0.05, 0) is 26.1 Å². The quantitative estimate of drug-likeness (QED) is 0.222. The van der Waals surface area contributed by atoms with Crippen LogP contribution in [0, 0.1) is 12.8 Å². The van der Waals surface area contributed by atoms with E-state index in [1.54, 1.807) is 13.3 Å². The number of hydrogen-bond acceptors (Lipinski definition) is 7. The van der Waals surface area contributed by atoms with Gasteiger partial charge in [-0.15, -0.1) is 0 Å². The predicted molar refractivity (Wildman–Crippen MR) is 109 cm³/mol. The van der Waals surface area contributed by atoms with Gasteiger partial charge in [-0.3, -0.25) is 12.8 Å².